The van der Waals surface area contributed by atoms with Crippen LogP contribution in [0.4, 0.5) is 5.69 Å². The second-order valence-corrected chi connectivity index (χ2v) is 7.58. The molecular weight excluding hydrogens is 358 g/mol. The Bertz CT molecular complexity index is 1210. The van der Waals surface area contributed by atoms with Crippen molar-refractivity contribution in [1.82, 2.24) is 0 Å². The van der Waals surface area contributed by atoms with Gasteiger partial charge >= 0.3 is 5.63 Å². The summed E-state index contributed by atoms with van der Waals surface area (Å²) in [5.41, 5.74) is 2.29. The van der Waals surface area contributed by atoms with Gasteiger partial charge in [-0.1, -0.05) is 30.3 Å². The van der Waals surface area contributed by atoms with Gasteiger partial charge in [-0.15, -0.1) is 11.8 Å². The van der Waals surface area contributed by atoms with Crippen molar-refractivity contribution in [3.8, 4) is 0 Å². The zero-order valence-corrected chi connectivity index (χ0v) is 15.1. The number of thioether (sulfide) groups is 1. The molecule has 132 valence electrons. The fraction of sp³-hybridized carbons (Fsp3) is 0.0909. The monoisotopic (exact) mass is 373 g/mol. The van der Waals surface area contributed by atoms with E-state index in [9.17, 15) is 4.79 Å². The Balaban J connectivity index is 1.69. The summed E-state index contributed by atoms with van der Waals surface area (Å²) in [5, 5.41) is 0.919. The molecule has 0 aliphatic carbocycles. The van der Waals surface area contributed by atoms with Crippen molar-refractivity contribution in [2.75, 3.05) is 0 Å². The van der Waals surface area contributed by atoms with Gasteiger partial charge < -0.3 is 8.83 Å². The number of furan rings is 1. The highest BCUT2D eigenvalue weighted by Gasteiger charge is 2.26. The van der Waals surface area contributed by atoms with E-state index in [1.54, 1.807) is 24.1 Å². The highest BCUT2D eigenvalue weighted by Crippen LogP contribution is 2.45. The van der Waals surface area contributed by atoms with Gasteiger partial charge in [0.25, 0.3) is 0 Å². The van der Waals surface area contributed by atoms with Crippen LogP contribution in [0.3, 0.4) is 0 Å². The Kier molecular flexibility index (Phi) is 3.94. The van der Waals surface area contributed by atoms with E-state index in [0.717, 1.165) is 21.7 Å². The molecule has 0 fully saturated rings. The van der Waals surface area contributed by atoms with Crippen molar-refractivity contribution < 1.29 is 8.83 Å². The topological polar surface area (TPSA) is 55.7 Å². The molecule has 0 bridgehead atoms. The van der Waals surface area contributed by atoms with Gasteiger partial charge in [0.05, 0.1) is 28.5 Å². The van der Waals surface area contributed by atoms with Crippen molar-refractivity contribution in [1.29, 1.82) is 0 Å². The van der Waals surface area contributed by atoms with Crippen molar-refractivity contribution in [3.05, 3.63) is 94.7 Å². The number of nitrogens with zero attached hydrogens (tertiary/aromatic N) is 1. The van der Waals surface area contributed by atoms with Crippen LogP contribution in [0.25, 0.3) is 11.0 Å². The quantitative estimate of drug-likeness (QED) is 0.420. The highest BCUT2D eigenvalue weighted by molar-refractivity contribution is 7.99. The lowest BCUT2D eigenvalue weighted by Gasteiger charge is -2.12. The molecule has 0 unspecified atom stereocenters. The first-order chi connectivity index (χ1) is 13.3. The Morgan fingerprint density at radius 2 is 1.85 bits per heavy atom. The molecule has 1 aliphatic heterocycles. The Labute approximate surface area is 159 Å². The average Bonchev–Trinajstić information content (AvgIpc) is 3.15. The normalized spacial score (nSPS) is 16.6. The van der Waals surface area contributed by atoms with Crippen LogP contribution in [0.2, 0.25) is 0 Å². The lowest BCUT2D eigenvalue weighted by atomic mass is 10.0. The number of hydrogen-bond donors (Lipinski definition) is 0. The Morgan fingerprint density at radius 1 is 1.00 bits per heavy atom. The van der Waals surface area contributed by atoms with Crippen LogP contribution in [0.1, 0.15) is 23.0 Å². The molecule has 27 heavy (non-hydrogen) atoms. The van der Waals surface area contributed by atoms with E-state index < -0.39 is 0 Å². The summed E-state index contributed by atoms with van der Waals surface area (Å²) in [7, 11) is 0. The molecule has 4 aromatic rings. The third-order valence-corrected chi connectivity index (χ3v) is 5.86. The smallest absolute Gasteiger partial charge is 0.345 e. The molecule has 5 heteroatoms. The van der Waals surface area contributed by atoms with Gasteiger partial charge in [0.2, 0.25) is 0 Å². The molecule has 0 spiro atoms. The summed E-state index contributed by atoms with van der Waals surface area (Å²) in [5.74, 6) is 0.870. The van der Waals surface area contributed by atoms with Crippen molar-refractivity contribution in [2.45, 2.75) is 16.6 Å². The fourth-order valence-corrected chi connectivity index (χ4v) is 4.47. The minimum absolute atomic E-state index is 0.0354. The summed E-state index contributed by atoms with van der Waals surface area (Å²) in [6.45, 7) is 0. The molecule has 4 nitrogen and oxygen atoms in total. The second-order valence-electron chi connectivity index (χ2n) is 6.34. The van der Waals surface area contributed by atoms with E-state index in [4.69, 9.17) is 13.8 Å². The van der Waals surface area contributed by atoms with Gasteiger partial charge in [0, 0.05) is 16.7 Å². The first kappa shape index (κ1) is 16.1. The largest absolute Gasteiger partial charge is 0.468 e. The molecule has 0 radical (unpaired) electrons. The molecule has 1 atom stereocenters. The zero-order chi connectivity index (χ0) is 18.2. The van der Waals surface area contributed by atoms with Gasteiger partial charge in [-0.25, -0.2) is 4.79 Å². The number of hydrogen-bond acceptors (Lipinski definition) is 5. The molecular formula is C22H15NO3S. The minimum atomic E-state index is -0.366. The number of rotatable bonds is 2. The molecule has 2 aromatic heterocycles. The number of fused-ring (bicyclic) bond motifs is 2. The summed E-state index contributed by atoms with van der Waals surface area (Å²) < 4.78 is 11.2. The molecule has 1 aliphatic rings. The fourth-order valence-electron chi connectivity index (χ4n) is 3.28. The van der Waals surface area contributed by atoms with E-state index in [2.05, 4.69) is 0 Å². The highest BCUT2D eigenvalue weighted by atomic mass is 32.2. The number of aliphatic imine (C=N–C) groups is 1. The van der Waals surface area contributed by atoms with E-state index in [1.165, 1.54) is 0 Å². The van der Waals surface area contributed by atoms with Crippen molar-refractivity contribution in [3.63, 3.8) is 0 Å². The molecule has 0 N–H and O–H groups in total. The van der Waals surface area contributed by atoms with E-state index in [-0.39, 0.29) is 10.9 Å². The number of benzene rings is 2. The second kappa shape index (κ2) is 6.59. The van der Waals surface area contributed by atoms with Crippen LogP contribution in [0.15, 0.2) is 96.5 Å². The molecule has 5 rings (SSSR count). The third-order valence-electron chi connectivity index (χ3n) is 4.58. The van der Waals surface area contributed by atoms with Crippen LogP contribution >= 0.6 is 11.8 Å². The maximum Gasteiger partial charge on any atom is 0.345 e. The van der Waals surface area contributed by atoms with Crippen molar-refractivity contribution >= 4 is 34.1 Å². The van der Waals surface area contributed by atoms with Gasteiger partial charge in [0.1, 0.15) is 11.3 Å². The van der Waals surface area contributed by atoms with Crippen LogP contribution in [-0.4, -0.2) is 5.71 Å². The molecule has 3 heterocycles. The first-order valence-electron chi connectivity index (χ1n) is 8.68. The molecule has 0 amide bonds. The predicted molar refractivity (Wildman–Crippen MR) is 107 cm³/mol. The zero-order valence-electron chi connectivity index (χ0n) is 14.3. The number of para-hydroxylation sites is 2. The first-order valence-corrected chi connectivity index (χ1v) is 9.56. The van der Waals surface area contributed by atoms with Crippen LogP contribution < -0.4 is 5.63 Å². The lowest BCUT2D eigenvalue weighted by Crippen LogP contribution is -2.16. The van der Waals surface area contributed by atoms with Crippen LogP contribution in [0, 0.1) is 0 Å². The molecule has 0 saturated carbocycles. The molecule has 0 saturated heterocycles. The minimum Gasteiger partial charge on any atom is -0.468 e. The molecule has 2 aromatic carbocycles. The van der Waals surface area contributed by atoms with Gasteiger partial charge in [-0.05, 0) is 36.4 Å². The Morgan fingerprint density at radius 3 is 2.74 bits per heavy atom. The third kappa shape index (κ3) is 3.00. The Hall–Kier alpha value is -3.05. The average molecular weight is 373 g/mol. The lowest BCUT2D eigenvalue weighted by molar-refractivity contribution is 0.508. The predicted octanol–water partition coefficient (Wildman–Crippen LogP) is 5.74. The summed E-state index contributed by atoms with van der Waals surface area (Å²) in [6.07, 6.45) is 2.25. The van der Waals surface area contributed by atoms with Gasteiger partial charge in [-0.2, -0.15) is 0 Å². The maximum atomic E-state index is 12.7. The van der Waals surface area contributed by atoms with Crippen LogP contribution in [-0.2, 0) is 0 Å². The van der Waals surface area contributed by atoms with Crippen LogP contribution in [0.5, 0.6) is 0 Å². The summed E-state index contributed by atoms with van der Waals surface area (Å²) in [6, 6.07) is 21.2. The van der Waals surface area contributed by atoms with Gasteiger partial charge in [-0.3, -0.25) is 4.99 Å². The SMILES string of the molecule is O=c1oc2ccccc2cc1C1=Nc2ccccc2S[C@H](c2ccco2)C1. The summed E-state index contributed by atoms with van der Waals surface area (Å²) >= 11 is 1.70. The summed E-state index contributed by atoms with van der Waals surface area (Å²) in [4.78, 5) is 18.6. The maximum absolute atomic E-state index is 12.7. The van der Waals surface area contributed by atoms with E-state index in [0.29, 0.717) is 23.3 Å². The van der Waals surface area contributed by atoms with E-state index in [1.807, 2.05) is 60.7 Å². The van der Waals surface area contributed by atoms with Crippen molar-refractivity contribution in [2.24, 2.45) is 4.99 Å². The van der Waals surface area contributed by atoms with Gasteiger partial charge in [0.15, 0.2) is 0 Å². The van der Waals surface area contributed by atoms with E-state index >= 15 is 0 Å². The standard InChI is InChI=1S/C22H15NO3S/c24-22-15(12-14-6-1-3-8-18(14)26-22)17-13-21(19-9-5-11-25-19)27-20-10-4-2-7-16(20)23-17/h1-12,21H,13H2/t21-/m0/s1.